The molecule has 4 aromatic rings. The van der Waals surface area contributed by atoms with Gasteiger partial charge in [-0.2, -0.15) is 9.62 Å². The van der Waals surface area contributed by atoms with E-state index in [1.54, 1.807) is 50.8 Å². The highest BCUT2D eigenvalue weighted by Crippen LogP contribution is 2.29. The van der Waals surface area contributed by atoms with Gasteiger partial charge in [0, 0.05) is 11.6 Å². The fraction of sp³-hybridized carbons (Fsp3) is 0.100. The van der Waals surface area contributed by atoms with Crippen LogP contribution in [0.3, 0.4) is 0 Å². The first-order valence-electron chi connectivity index (χ1n) is 8.78. The number of halogens is 2. The highest BCUT2D eigenvalue weighted by atomic mass is 35.5. The van der Waals surface area contributed by atoms with Crippen molar-refractivity contribution in [3.63, 3.8) is 0 Å². The van der Waals surface area contributed by atoms with E-state index in [-0.39, 0.29) is 16.4 Å². The molecule has 0 saturated carbocycles. The number of rotatable bonds is 6. The molecule has 4 rings (SSSR count). The van der Waals surface area contributed by atoms with Crippen molar-refractivity contribution in [3.8, 4) is 22.9 Å². The third-order valence-electron chi connectivity index (χ3n) is 4.27. The summed E-state index contributed by atoms with van der Waals surface area (Å²) in [6.45, 7) is 0. The monoisotopic (exact) mass is 426 g/mol. The third kappa shape index (κ3) is 3.74. The maximum Gasteiger partial charge on any atom is 0.189 e. The Morgan fingerprint density at radius 3 is 2.73 bits per heavy atom. The van der Waals surface area contributed by atoms with Gasteiger partial charge in [-0.3, -0.25) is 5.43 Å². The molecule has 0 spiro atoms. The average molecular weight is 427 g/mol. The summed E-state index contributed by atoms with van der Waals surface area (Å²) in [4.78, 5) is 0. The predicted molar refractivity (Wildman–Crippen MR) is 112 cm³/mol. The van der Waals surface area contributed by atoms with E-state index in [2.05, 4.69) is 25.8 Å². The van der Waals surface area contributed by atoms with E-state index in [9.17, 15) is 4.39 Å². The Labute approximate surface area is 175 Å². The van der Waals surface area contributed by atoms with Crippen molar-refractivity contribution in [1.82, 2.24) is 19.8 Å². The van der Waals surface area contributed by atoms with Crippen LogP contribution < -0.4 is 14.9 Å². The molecule has 0 bridgehead atoms. The second-order valence-electron chi connectivity index (χ2n) is 6.09. The Kier molecular flexibility index (Phi) is 5.44. The lowest BCUT2D eigenvalue weighted by Gasteiger charge is -2.07. The molecule has 1 N–H and O–H groups in total. The van der Waals surface area contributed by atoms with Crippen molar-refractivity contribution in [2.45, 2.75) is 0 Å². The first-order chi connectivity index (χ1) is 14.6. The Bertz CT molecular complexity index is 1220. The molecular formula is C20H16ClFN6O2. The van der Waals surface area contributed by atoms with E-state index in [1.807, 2.05) is 6.07 Å². The van der Waals surface area contributed by atoms with E-state index in [0.717, 1.165) is 5.56 Å². The topological polar surface area (TPSA) is 85.9 Å². The standard InChI is InChI=1S/C20H16ClFN6O2/c1-29-13-7-6-12(16(10-13)30-2)11-23-24-17-8-9-18-25-26-20(28(18)27-17)19-14(21)4-3-5-15(19)22/h3-11H,1-2H3,(H,24,27)/b23-11+. The summed E-state index contributed by atoms with van der Waals surface area (Å²) in [5.74, 6) is 1.37. The highest BCUT2D eigenvalue weighted by Gasteiger charge is 2.17. The molecule has 0 amide bonds. The largest absolute Gasteiger partial charge is 0.497 e. The zero-order valence-electron chi connectivity index (χ0n) is 16.0. The molecule has 10 heteroatoms. The molecule has 0 aliphatic carbocycles. The lowest BCUT2D eigenvalue weighted by Crippen LogP contribution is -2.02. The maximum absolute atomic E-state index is 14.3. The number of methoxy groups -OCH3 is 2. The number of fused-ring (bicyclic) bond motifs is 1. The number of hydrogen-bond acceptors (Lipinski definition) is 7. The van der Waals surface area contributed by atoms with Crippen molar-refractivity contribution < 1.29 is 13.9 Å². The molecule has 2 aromatic heterocycles. The van der Waals surface area contributed by atoms with Crippen LogP contribution in [0.4, 0.5) is 10.2 Å². The number of hydrazone groups is 1. The number of hydrogen-bond donors (Lipinski definition) is 1. The molecule has 0 aliphatic rings. The average Bonchev–Trinajstić information content (AvgIpc) is 3.17. The highest BCUT2D eigenvalue weighted by molar-refractivity contribution is 6.33. The molecule has 30 heavy (non-hydrogen) atoms. The van der Waals surface area contributed by atoms with Crippen LogP contribution >= 0.6 is 11.6 Å². The number of nitrogens with one attached hydrogen (secondary N) is 1. The predicted octanol–water partition coefficient (Wildman–Crippen LogP) is 4.05. The van der Waals surface area contributed by atoms with Crippen LogP contribution in [0.15, 0.2) is 53.6 Å². The molecule has 152 valence electrons. The second kappa shape index (κ2) is 8.34. The SMILES string of the molecule is COc1ccc(/C=N/Nc2ccc3nnc(-c4c(F)cccc4Cl)n3n2)c(OC)c1. The number of nitrogens with zero attached hydrogens (tertiary/aromatic N) is 5. The van der Waals surface area contributed by atoms with Crippen molar-refractivity contribution in [2.24, 2.45) is 5.10 Å². The van der Waals surface area contributed by atoms with E-state index in [4.69, 9.17) is 21.1 Å². The molecule has 2 heterocycles. The van der Waals surface area contributed by atoms with Crippen LogP contribution in [0.1, 0.15) is 5.56 Å². The van der Waals surface area contributed by atoms with Gasteiger partial charge in [-0.05, 0) is 36.4 Å². The fourth-order valence-corrected chi connectivity index (χ4v) is 3.06. The van der Waals surface area contributed by atoms with Crippen molar-refractivity contribution in [1.29, 1.82) is 0 Å². The minimum atomic E-state index is -0.512. The van der Waals surface area contributed by atoms with Gasteiger partial charge in [0.15, 0.2) is 17.3 Å². The van der Waals surface area contributed by atoms with Gasteiger partial charge >= 0.3 is 0 Å². The van der Waals surface area contributed by atoms with Crippen molar-refractivity contribution >= 4 is 29.3 Å². The smallest absolute Gasteiger partial charge is 0.189 e. The number of benzene rings is 2. The molecular weight excluding hydrogens is 411 g/mol. The zero-order valence-corrected chi connectivity index (χ0v) is 16.8. The van der Waals surface area contributed by atoms with Gasteiger partial charge in [-0.25, -0.2) is 4.39 Å². The van der Waals surface area contributed by atoms with Crippen molar-refractivity contribution in [3.05, 3.63) is 64.9 Å². The van der Waals surface area contributed by atoms with Crippen LogP contribution in [0.25, 0.3) is 17.0 Å². The Morgan fingerprint density at radius 2 is 1.97 bits per heavy atom. The maximum atomic E-state index is 14.3. The zero-order chi connectivity index (χ0) is 21.1. The van der Waals surface area contributed by atoms with Gasteiger partial charge in [0.2, 0.25) is 0 Å². The fourth-order valence-electron chi connectivity index (χ4n) is 2.81. The summed E-state index contributed by atoms with van der Waals surface area (Å²) in [5.41, 5.74) is 4.14. The third-order valence-corrected chi connectivity index (χ3v) is 4.59. The molecule has 0 atom stereocenters. The number of ether oxygens (including phenoxy) is 2. The van der Waals surface area contributed by atoms with Crippen LogP contribution in [0.5, 0.6) is 11.5 Å². The number of aromatic nitrogens is 4. The molecule has 0 saturated heterocycles. The summed E-state index contributed by atoms with van der Waals surface area (Å²) < 4.78 is 26.2. The summed E-state index contributed by atoms with van der Waals surface area (Å²) in [6, 6.07) is 13.1. The molecule has 0 unspecified atom stereocenters. The quantitative estimate of drug-likeness (QED) is 0.370. The summed E-state index contributed by atoms with van der Waals surface area (Å²) in [7, 11) is 3.15. The van der Waals surface area contributed by atoms with Crippen LogP contribution in [0.2, 0.25) is 5.02 Å². The molecule has 0 aliphatic heterocycles. The van der Waals surface area contributed by atoms with Crippen LogP contribution in [-0.2, 0) is 0 Å². The summed E-state index contributed by atoms with van der Waals surface area (Å²) >= 11 is 6.15. The number of anilines is 1. The Balaban J connectivity index is 1.63. The lowest BCUT2D eigenvalue weighted by atomic mass is 10.2. The van der Waals surface area contributed by atoms with Gasteiger partial charge in [-0.1, -0.05) is 17.7 Å². The molecule has 2 aromatic carbocycles. The first kappa shape index (κ1) is 19.6. The van der Waals surface area contributed by atoms with Crippen LogP contribution in [-0.4, -0.2) is 40.2 Å². The van der Waals surface area contributed by atoms with Gasteiger partial charge in [0.25, 0.3) is 0 Å². The summed E-state index contributed by atoms with van der Waals surface area (Å²) in [6.07, 6.45) is 1.59. The van der Waals surface area contributed by atoms with Gasteiger partial charge in [0.1, 0.15) is 17.3 Å². The van der Waals surface area contributed by atoms with Crippen molar-refractivity contribution in [2.75, 3.05) is 19.6 Å². The summed E-state index contributed by atoms with van der Waals surface area (Å²) in [5, 5.41) is 16.8. The minimum absolute atomic E-state index is 0.128. The van der Waals surface area contributed by atoms with Gasteiger partial charge in [0.05, 0.1) is 31.0 Å². The van der Waals surface area contributed by atoms with E-state index in [1.165, 1.54) is 16.6 Å². The van der Waals surface area contributed by atoms with E-state index >= 15 is 0 Å². The first-order valence-corrected chi connectivity index (χ1v) is 9.16. The lowest BCUT2D eigenvalue weighted by molar-refractivity contribution is 0.394. The second-order valence-corrected chi connectivity index (χ2v) is 6.49. The van der Waals surface area contributed by atoms with Gasteiger partial charge < -0.3 is 9.47 Å². The normalized spacial score (nSPS) is 11.2. The minimum Gasteiger partial charge on any atom is -0.497 e. The van der Waals surface area contributed by atoms with Crippen LogP contribution in [0, 0.1) is 5.82 Å². The molecule has 0 radical (unpaired) electrons. The molecule has 0 fully saturated rings. The Hall–Kier alpha value is -3.72. The van der Waals surface area contributed by atoms with E-state index in [0.29, 0.717) is 23.0 Å². The van der Waals surface area contributed by atoms with E-state index < -0.39 is 5.82 Å². The van der Waals surface area contributed by atoms with Gasteiger partial charge in [-0.15, -0.1) is 15.3 Å². The molecule has 8 nitrogen and oxygen atoms in total. The Morgan fingerprint density at radius 1 is 1.10 bits per heavy atom.